The van der Waals surface area contributed by atoms with E-state index >= 15 is 0 Å². The summed E-state index contributed by atoms with van der Waals surface area (Å²) in [6.07, 6.45) is 11.4. The third kappa shape index (κ3) is 3.45. The average Bonchev–Trinajstić information content (AvgIpc) is 2.67. The van der Waals surface area contributed by atoms with Crippen molar-refractivity contribution in [2.45, 2.75) is 70.4 Å². The molecule has 1 aliphatic heterocycles. The Kier molecular flexibility index (Phi) is 5.30. The molecule has 1 N–H and O–H groups in total. The zero-order chi connectivity index (χ0) is 12.1. The summed E-state index contributed by atoms with van der Waals surface area (Å²) in [5.41, 5.74) is 0. The van der Waals surface area contributed by atoms with Crippen molar-refractivity contribution in [2.75, 3.05) is 20.1 Å². The number of rotatable bonds is 4. The highest BCUT2D eigenvalue weighted by molar-refractivity contribution is 4.85. The lowest BCUT2D eigenvalue weighted by Crippen LogP contribution is -2.42. The van der Waals surface area contributed by atoms with Crippen LogP contribution in [0, 0.1) is 5.92 Å². The van der Waals surface area contributed by atoms with E-state index in [-0.39, 0.29) is 0 Å². The van der Waals surface area contributed by atoms with Gasteiger partial charge in [-0.25, -0.2) is 0 Å². The van der Waals surface area contributed by atoms with E-state index in [2.05, 4.69) is 24.2 Å². The van der Waals surface area contributed by atoms with Crippen molar-refractivity contribution in [2.24, 2.45) is 5.92 Å². The molecule has 0 bridgehead atoms. The average molecular weight is 238 g/mol. The predicted molar refractivity (Wildman–Crippen MR) is 74.3 cm³/mol. The van der Waals surface area contributed by atoms with Gasteiger partial charge in [0.25, 0.3) is 0 Å². The van der Waals surface area contributed by atoms with Gasteiger partial charge >= 0.3 is 0 Å². The lowest BCUT2D eigenvalue weighted by atomic mass is 9.94. The molecule has 1 saturated heterocycles. The van der Waals surface area contributed by atoms with Gasteiger partial charge in [-0.15, -0.1) is 0 Å². The molecule has 3 atom stereocenters. The normalized spacial score (nSPS) is 36.0. The summed E-state index contributed by atoms with van der Waals surface area (Å²) in [6.45, 7) is 5.06. The topological polar surface area (TPSA) is 15.3 Å². The minimum Gasteiger partial charge on any atom is -0.317 e. The minimum atomic E-state index is 0.774. The molecule has 100 valence electrons. The molecule has 2 rings (SSSR count). The van der Waals surface area contributed by atoms with Crippen molar-refractivity contribution >= 4 is 0 Å². The van der Waals surface area contributed by atoms with E-state index in [9.17, 15) is 0 Å². The lowest BCUT2D eigenvalue weighted by Gasteiger charge is -2.32. The molecule has 2 fully saturated rings. The molecular formula is C15H30N2. The maximum atomic E-state index is 3.57. The molecule has 2 nitrogen and oxygen atoms in total. The van der Waals surface area contributed by atoms with Gasteiger partial charge in [0, 0.05) is 18.6 Å². The van der Waals surface area contributed by atoms with E-state index in [4.69, 9.17) is 0 Å². The van der Waals surface area contributed by atoms with Crippen molar-refractivity contribution in [3.63, 3.8) is 0 Å². The van der Waals surface area contributed by atoms with Gasteiger partial charge in [-0.05, 0) is 51.6 Å². The summed E-state index contributed by atoms with van der Waals surface area (Å²) in [6, 6.07) is 1.66. The highest BCUT2D eigenvalue weighted by Gasteiger charge is 2.29. The summed E-state index contributed by atoms with van der Waals surface area (Å²) < 4.78 is 0. The predicted octanol–water partition coefficient (Wildman–Crippen LogP) is 3.03. The maximum Gasteiger partial charge on any atom is 0.0104 e. The Morgan fingerprint density at radius 2 is 1.88 bits per heavy atom. The number of nitrogens with one attached hydrogen (secondary N) is 1. The summed E-state index contributed by atoms with van der Waals surface area (Å²) in [4.78, 5) is 2.78. The minimum absolute atomic E-state index is 0.774. The molecule has 0 radical (unpaired) electrons. The van der Waals surface area contributed by atoms with E-state index in [1.807, 2.05) is 0 Å². The second kappa shape index (κ2) is 6.75. The molecular weight excluding hydrogens is 208 g/mol. The molecule has 17 heavy (non-hydrogen) atoms. The Morgan fingerprint density at radius 1 is 1.06 bits per heavy atom. The van der Waals surface area contributed by atoms with Crippen molar-refractivity contribution < 1.29 is 0 Å². The Balaban J connectivity index is 1.90. The van der Waals surface area contributed by atoms with Crippen molar-refractivity contribution in [3.8, 4) is 0 Å². The van der Waals surface area contributed by atoms with Crippen LogP contribution in [-0.4, -0.2) is 37.1 Å². The first-order valence-electron chi connectivity index (χ1n) is 7.76. The zero-order valence-corrected chi connectivity index (χ0v) is 11.8. The van der Waals surface area contributed by atoms with E-state index in [1.54, 1.807) is 0 Å². The van der Waals surface area contributed by atoms with E-state index in [0.717, 1.165) is 18.0 Å². The first-order valence-corrected chi connectivity index (χ1v) is 7.76. The Morgan fingerprint density at radius 3 is 2.65 bits per heavy atom. The highest BCUT2D eigenvalue weighted by atomic mass is 15.2. The molecule has 0 aromatic rings. The summed E-state index contributed by atoms with van der Waals surface area (Å²) in [7, 11) is 2.16. The largest absolute Gasteiger partial charge is 0.317 e. The Bertz CT molecular complexity index is 217. The van der Waals surface area contributed by atoms with Crippen LogP contribution >= 0.6 is 0 Å². The summed E-state index contributed by atoms with van der Waals surface area (Å²) >= 11 is 0. The van der Waals surface area contributed by atoms with Gasteiger partial charge in [-0.3, -0.25) is 0 Å². The zero-order valence-electron chi connectivity index (χ0n) is 11.8. The van der Waals surface area contributed by atoms with Gasteiger partial charge < -0.3 is 10.2 Å². The molecule has 0 spiro atoms. The molecule has 1 heterocycles. The first kappa shape index (κ1) is 13.4. The van der Waals surface area contributed by atoms with Gasteiger partial charge in [0.15, 0.2) is 0 Å². The summed E-state index contributed by atoms with van der Waals surface area (Å²) in [5.74, 6) is 0.898. The smallest absolute Gasteiger partial charge is 0.0104 e. The molecule has 1 aliphatic carbocycles. The molecule has 3 unspecified atom stereocenters. The molecule has 2 aliphatic rings. The van der Waals surface area contributed by atoms with Gasteiger partial charge in [0.05, 0.1) is 0 Å². The molecule has 0 aromatic carbocycles. The van der Waals surface area contributed by atoms with Crippen LogP contribution in [0.5, 0.6) is 0 Å². The number of hydrogen-bond acceptors (Lipinski definition) is 2. The van der Waals surface area contributed by atoms with Crippen molar-refractivity contribution in [1.82, 2.24) is 10.2 Å². The number of likely N-dealkylation sites (tertiary alicyclic amines) is 1. The van der Waals surface area contributed by atoms with Crippen LogP contribution in [0.25, 0.3) is 0 Å². The Labute approximate surface area is 107 Å². The van der Waals surface area contributed by atoms with Crippen LogP contribution in [0.3, 0.4) is 0 Å². The van der Waals surface area contributed by atoms with Crippen molar-refractivity contribution in [3.05, 3.63) is 0 Å². The monoisotopic (exact) mass is 238 g/mol. The second-order valence-corrected chi connectivity index (χ2v) is 5.99. The fourth-order valence-electron chi connectivity index (χ4n) is 3.88. The van der Waals surface area contributed by atoms with E-state index < -0.39 is 0 Å². The van der Waals surface area contributed by atoms with Crippen LogP contribution in [0.1, 0.15) is 58.3 Å². The fraction of sp³-hybridized carbons (Fsp3) is 1.00. The third-order valence-corrected chi connectivity index (χ3v) is 4.97. The van der Waals surface area contributed by atoms with E-state index in [1.165, 1.54) is 64.5 Å². The fourth-order valence-corrected chi connectivity index (χ4v) is 3.88. The van der Waals surface area contributed by atoms with Crippen LogP contribution in [0.4, 0.5) is 0 Å². The molecule has 1 saturated carbocycles. The number of nitrogens with zero attached hydrogens (tertiary/aromatic N) is 1. The number of hydrogen-bond donors (Lipinski definition) is 1. The SMILES string of the molecule is CCC1CCCN1CC1CCCCCC1NC. The summed E-state index contributed by atoms with van der Waals surface area (Å²) in [5, 5.41) is 3.57. The van der Waals surface area contributed by atoms with Gasteiger partial charge in [0.1, 0.15) is 0 Å². The first-order chi connectivity index (χ1) is 8.35. The van der Waals surface area contributed by atoms with Crippen molar-refractivity contribution in [1.29, 1.82) is 0 Å². The second-order valence-electron chi connectivity index (χ2n) is 5.99. The third-order valence-electron chi connectivity index (χ3n) is 4.97. The Hall–Kier alpha value is -0.0800. The van der Waals surface area contributed by atoms with Crippen LogP contribution in [0.15, 0.2) is 0 Å². The quantitative estimate of drug-likeness (QED) is 0.757. The molecule has 2 heteroatoms. The molecule has 0 amide bonds. The maximum absolute atomic E-state index is 3.57. The standard InChI is InChI=1S/C15H30N2/c1-3-14-9-7-11-17(14)12-13-8-5-4-6-10-15(13)16-2/h13-16H,3-12H2,1-2H3. The molecule has 0 aromatic heterocycles. The lowest BCUT2D eigenvalue weighted by molar-refractivity contribution is 0.181. The van der Waals surface area contributed by atoms with Crippen LogP contribution < -0.4 is 5.32 Å². The van der Waals surface area contributed by atoms with E-state index in [0.29, 0.717) is 0 Å². The van der Waals surface area contributed by atoms with Gasteiger partial charge in [-0.2, -0.15) is 0 Å². The highest BCUT2D eigenvalue weighted by Crippen LogP contribution is 2.28. The van der Waals surface area contributed by atoms with Gasteiger partial charge in [-0.1, -0.05) is 26.2 Å². The van der Waals surface area contributed by atoms with Crippen LogP contribution in [-0.2, 0) is 0 Å². The van der Waals surface area contributed by atoms with Gasteiger partial charge in [0.2, 0.25) is 0 Å². The van der Waals surface area contributed by atoms with Crippen LogP contribution in [0.2, 0.25) is 0 Å².